The zero-order valence-electron chi connectivity index (χ0n) is 11.6. The zero-order valence-corrected chi connectivity index (χ0v) is 11.6. The number of ether oxygens (including phenoxy) is 1. The van der Waals surface area contributed by atoms with Crippen molar-refractivity contribution in [2.24, 2.45) is 5.73 Å². The second kappa shape index (κ2) is 6.04. The molecule has 1 unspecified atom stereocenters. The van der Waals surface area contributed by atoms with Gasteiger partial charge in [0.25, 0.3) is 0 Å². The molecule has 3 heteroatoms. The summed E-state index contributed by atoms with van der Waals surface area (Å²) in [7, 11) is 1.68. The molecule has 3 nitrogen and oxygen atoms in total. The third kappa shape index (κ3) is 2.88. The van der Waals surface area contributed by atoms with Crippen LogP contribution in [0.5, 0.6) is 0 Å². The molecule has 0 heterocycles. The Morgan fingerprint density at radius 2 is 2.21 bits per heavy atom. The third-order valence-corrected chi connectivity index (χ3v) is 3.63. The summed E-state index contributed by atoms with van der Waals surface area (Å²) >= 11 is 0. The van der Waals surface area contributed by atoms with Crippen molar-refractivity contribution < 1.29 is 4.74 Å². The number of rotatable bonds is 5. The number of hydrogen-bond donors (Lipinski definition) is 2. The van der Waals surface area contributed by atoms with Gasteiger partial charge >= 0.3 is 0 Å². The van der Waals surface area contributed by atoms with E-state index in [4.69, 9.17) is 10.5 Å². The number of benzene rings is 1. The second-order valence-corrected chi connectivity index (χ2v) is 5.01. The van der Waals surface area contributed by atoms with Crippen molar-refractivity contribution in [2.45, 2.75) is 18.8 Å². The minimum absolute atomic E-state index is 0.114. The molecule has 1 aromatic rings. The lowest BCUT2D eigenvalue weighted by Gasteiger charge is -2.33. The Hall–Kier alpha value is -1.58. The van der Waals surface area contributed by atoms with Crippen LogP contribution in [0.3, 0.4) is 0 Å². The Morgan fingerprint density at radius 3 is 2.84 bits per heavy atom. The van der Waals surface area contributed by atoms with Gasteiger partial charge in [-0.25, -0.2) is 0 Å². The van der Waals surface area contributed by atoms with E-state index >= 15 is 0 Å². The summed E-state index contributed by atoms with van der Waals surface area (Å²) in [6.45, 7) is 3.20. The van der Waals surface area contributed by atoms with Gasteiger partial charge in [0.1, 0.15) is 6.73 Å². The van der Waals surface area contributed by atoms with Crippen LogP contribution in [-0.4, -0.2) is 20.4 Å². The van der Waals surface area contributed by atoms with E-state index in [9.17, 15) is 0 Å². The van der Waals surface area contributed by atoms with Crippen LogP contribution >= 0.6 is 0 Å². The van der Waals surface area contributed by atoms with Crippen LogP contribution < -0.4 is 11.1 Å². The van der Waals surface area contributed by atoms with Gasteiger partial charge in [0, 0.05) is 24.8 Å². The van der Waals surface area contributed by atoms with Crippen molar-refractivity contribution in [3.8, 4) is 0 Å². The molecule has 3 N–H and O–H groups in total. The molecule has 0 radical (unpaired) electrons. The fraction of sp³-hybridized carbons (Fsp3) is 0.375. The molecule has 102 valence electrons. The molecule has 0 saturated heterocycles. The van der Waals surface area contributed by atoms with E-state index < -0.39 is 0 Å². The SMILES string of the molecule is COCNc1ccc(C)cc1C1(CN)C=CC=CC1. The first-order valence-corrected chi connectivity index (χ1v) is 6.60. The standard InChI is InChI=1S/C16H22N2O/c1-13-6-7-15(18-12-19-2)14(10-13)16(11-17)8-4-3-5-9-16/h3-8,10,18H,9,11-12,17H2,1-2H3. The van der Waals surface area contributed by atoms with E-state index in [1.54, 1.807) is 7.11 Å². The van der Waals surface area contributed by atoms with Gasteiger partial charge in [-0.15, -0.1) is 0 Å². The van der Waals surface area contributed by atoms with Gasteiger partial charge in [-0.3, -0.25) is 0 Å². The molecule has 2 rings (SSSR count). The number of anilines is 1. The van der Waals surface area contributed by atoms with E-state index in [2.05, 4.69) is 54.7 Å². The average Bonchev–Trinajstić information content (AvgIpc) is 2.46. The highest BCUT2D eigenvalue weighted by Gasteiger charge is 2.30. The monoisotopic (exact) mass is 258 g/mol. The van der Waals surface area contributed by atoms with Gasteiger partial charge in [0.2, 0.25) is 0 Å². The zero-order chi connectivity index (χ0) is 13.7. The maximum atomic E-state index is 6.07. The number of methoxy groups -OCH3 is 1. The van der Waals surface area contributed by atoms with Gasteiger partial charge in [0.05, 0.1) is 0 Å². The first-order valence-electron chi connectivity index (χ1n) is 6.60. The Kier molecular flexibility index (Phi) is 4.40. The molecule has 0 spiro atoms. The summed E-state index contributed by atoms with van der Waals surface area (Å²) in [6.07, 6.45) is 9.48. The van der Waals surface area contributed by atoms with Crippen molar-refractivity contribution >= 4 is 5.69 Å². The molecule has 1 atom stereocenters. The summed E-state index contributed by atoms with van der Waals surface area (Å²) in [5.74, 6) is 0. The molecular weight excluding hydrogens is 236 g/mol. The Labute approximate surface area is 115 Å². The van der Waals surface area contributed by atoms with Gasteiger partial charge in [-0.2, -0.15) is 0 Å². The van der Waals surface area contributed by atoms with Crippen molar-refractivity contribution in [3.05, 3.63) is 53.6 Å². The molecular formula is C16H22N2O. The molecule has 0 aromatic heterocycles. The van der Waals surface area contributed by atoms with Crippen LogP contribution in [0.25, 0.3) is 0 Å². The largest absolute Gasteiger partial charge is 0.365 e. The smallest absolute Gasteiger partial charge is 0.116 e. The van der Waals surface area contributed by atoms with Crippen LogP contribution in [0, 0.1) is 6.92 Å². The lowest BCUT2D eigenvalue weighted by molar-refractivity contribution is 0.221. The second-order valence-electron chi connectivity index (χ2n) is 5.01. The molecule has 0 amide bonds. The van der Waals surface area contributed by atoms with Crippen molar-refractivity contribution in [2.75, 3.05) is 25.7 Å². The molecule has 0 saturated carbocycles. The van der Waals surface area contributed by atoms with Crippen LogP contribution in [-0.2, 0) is 10.2 Å². The van der Waals surface area contributed by atoms with E-state index in [0.717, 1.165) is 12.1 Å². The maximum Gasteiger partial charge on any atom is 0.116 e. The van der Waals surface area contributed by atoms with Crippen molar-refractivity contribution in [1.82, 2.24) is 0 Å². The highest BCUT2D eigenvalue weighted by Crippen LogP contribution is 2.36. The Morgan fingerprint density at radius 1 is 1.37 bits per heavy atom. The van der Waals surface area contributed by atoms with Gasteiger partial charge < -0.3 is 15.8 Å². The van der Waals surface area contributed by atoms with Crippen molar-refractivity contribution in [3.63, 3.8) is 0 Å². The van der Waals surface area contributed by atoms with Crippen LogP contribution in [0.1, 0.15) is 17.5 Å². The van der Waals surface area contributed by atoms with Crippen LogP contribution in [0.2, 0.25) is 0 Å². The van der Waals surface area contributed by atoms with Crippen molar-refractivity contribution in [1.29, 1.82) is 0 Å². The minimum atomic E-state index is -0.114. The maximum absolute atomic E-state index is 6.07. The first-order chi connectivity index (χ1) is 9.22. The van der Waals surface area contributed by atoms with Crippen LogP contribution in [0.15, 0.2) is 42.5 Å². The quantitative estimate of drug-likeness (QED) is 0.798. The molecule has 0 aliphatic heterocycles. The number of hydrogen-bond acceptors (Lipinski definition) is 3. The summed E-state index contributed by atoms with van der Waals surface area (Å²) < 4.78 is 5.11. The predicted molar refractivity (Wildman–Crippen MR) is 80.3 cm³/mol. The number of allylic oxidation sites excluding steroid dienone is 3. The normalized spacial score (nSPS) is 21.6. The highest BCUT2D eigenvalue weighted by atomic mass is 16.5. The lowest BCUT2D eigenvalue weighted by Crippen LogP contribution is -2.34. The molecule has 19 heavy (non-hydrogen) atoms. The summed E-state index contributed by atoms with van der Waals surface area (Å²) in [5, 5.41) is 3.31. The van der Waals surface area contributed by atoms with Gasteiger partial charge in [-0.05, 0) is 25.0 Å². The van der Waals surface area contributed by atoms with Crippen LogP contribution in [0.4, 0.5) is 5.69 Å². The Balaban J connectivity index is 2.43. The minimum Gasteiger partial charge on any atom is -0.365 e. The molecule has 1 aromatic carbocycles. The van der Waals surface area contributed by atoms with Gasteiger partial charge in [-0.1, -0.05) is 42.0 Å². The topological polar surface area (TPSA) is 47.3 Å². The summed E-state index contributed by atoms with van der Waals surface area (Å²) in [6, 6.07) is 6.43. The van der Waals surface area contributed by atoms with E-state index in [-0.39, 0.29) is 5.41 Å². The average molecular weight is 258 g/mol. The third-order valence-electron chi connectivity index (χ3n) is 3.63. The number of nitrogens with one attached hydrogen (secondary N) is 1. The van der Waals surface area contributed by atoms with E-state index in [0.29, 0.717) is 13.3 Å². The lowest BCUT2D eigenvalue weighted by atomic mass is 9.74. The van der Waals surface area contributed by atoms with E-state index in [1.165, 1.54) is 11.1 Å². The first kappa shape index (κ1) is 13.8. The Bertz CT molecular complexity index is 494. The van der Waals surface area contributed by atoms with Gasteiger partial charge in [0.15, 0.2) is 0 Å². The molecule has 0 fully saturated rings. The summed E-state index contributed by atoms with van der Waals surface area (Å²) in [5.41, 5.74) is 9.54. The molecule has 1 aliphatic rings. The summed E-state index contributed by atoms with van der Waals surface area (Å²) in [4.78, 5) is 0. The molecule has 1 aliphatic carbocycles. The molecule has 0 bridgehead atoms. The van der Waals surface area contributed by atoms with E-state index in [1.807, 2.05) is 0 Å². The number of nitrogens with two attached hydrogens (primary N) is 1. The predicted octanol–water partition coefficient (Wildman–Crippen LogP) is 2.72. The fourth-order valence-corrected chi connectivity index (χ4v) is 2.50. The number of aryl methyl sites for hydroxylation is 1. The fourth-order valence-electron chi connectivity index (χ4n) is 2.50. The highest BCUT2D eigenvalue weighted by molar-refractivity contribution is 5.58.